The number of halogens is 4. The third kappa shape index (κ3) is 4.05. The van der Waals surface area contributed by atoms with E-state index in [1.165, 1.54) is 6.07 Å². The van der Waals surface area contributed by atoms with Crippen molar-refractivity contribution in [2.24, 2.45) is 4.99 Å². The number of alkyl halides is 3. The average Bonchev–Trinajstić information content (AvgIpc) is 3.32. The number of hydrogen-bond acceptors (Lipinski definition) is 4. The molecule has 0 unspecified atom stereocenters. The second-order valence-corrected chi connectivity index (χ2v) is 7.96. The van der Waals surface area contributed by atoms with Gasteiger partial charge in [-0.3, -0.25) is 14.0 Å². The number of rotatable bonds is 5. The summed E-state index contributed by atoms with van der Waals surface area (Å²) >= 11 is 2.04. The van der Waals surface area contributed by atoms with E-state index < -0.39 is 11.7 Å². The molecule has 0 spiro atoms. The molecule has 0 bridgehead atoms. The lowest BCUT2D eigenvalue weighted by molar-refractivity contribution is -0.137. The van der Waals surface area contributed by atoms with Gasteiger partial charge in [-0.1, -0.05) is 19.1 Å². The number of hydrogen-bond donors (Lipinski definition) is 0. The first-order chi connectivity index (χ1) is 14.3. The van der Waals surface area contributed by atoms with Crippen LogP contribution < -0.4 is 5.56 Å². The van der Waals surface area contributed by atoms with Gasteiger partial charge in [0.15, 0.2) is 9.65 Å². The van der Waals surface area contributed by atoms with Gasteiger partial charge in [0, 0.05) is 47.3 Å². The fourth-order valence-electron chi connectivity index (χ4n) is 3.36. The topological polar surface area (TPSA) is 65.1 Å². The van der Waals surface area contributed by atoms with Crippen molar-refractivity contribution in [3.05, 3.63) is 73.1 Å². The summed E-state index contributed by atoms with van der Waals surface area (Å²) < 4.78 is 42.5. The van der Waals surface area contributed by atoms with E-state index in [2.05, 4.69) is 15.1 Å². The molecule has 1 aliphatic heterocycles. The van der Waals surface area contributed by atoms with Gasteiger partial charge in [0.1, 0.15) is 0 Å². The first-order valence-corrected chi connectivity index (χ1v) is 10.4. The summed E-state index contributed by atoms with van der Waals surface area (Å²) in [5.41, 5.74) is 1.68. The summed E-state index contributed by atoms with van der Waals surface area (Å²) in [7, 11) is 0. The molecule has 0 fully saturated rings. The van der Waals surface area contributed by atoms with Gasteiger partial charge in [0.05, 0.1) is 29.6 Å². The molecule has 156 valence electrons. The van der Waals surface area contributed by atoms with Crippen LogP contribution in [0, 0.1) is 3.83 Å². The van der Waals surface area contributed by atoms with Crippen LogP contribution in [0.25, 0.3) is 0 Å². The molecule has 0 radical (unpaired) electrons. The number of nitrogens with zero attached hydrogens (tertiary/aromatic N) is 5. The Kier molecular flexibility index (Phi) is 5.51. The molecule has 0 atom stereocenters. The molecule has 1 aliphatic rings. The Labute approximate surface area is 183 Å². The molecule has 6 nitrogen and oxygen atoms in total. The van der Waals surface area contributed by atoms with Gasteiger partial charge >= 0.3 is 6.18 Å². The first-order valence-electron chi connectivity index (χ1n) is 9.32. The number of aliphatic imine (C=N–C) groups is 1. The molecule has 4 rings (SSSR count). The second-order valence-electron chi connectivity index (χ2n) is 7.00. The van der Waals surface area contributed by atoms with E-state index in [9.17, 15) is 18.0 Å². The fraction of sp³-hybridized carbons (Fsp3) is 0.300. The lowest BCUT2D eigenvalue weighted by Gasteiger charge is -2.08. The lowest BCUT2D eigenvalue weighted by atomic mass is 10.1. The van der Waals surface area contributed by atoms with Crippen molar-refractivity contribution in [2.45, 2.75) is 39.0 Å². The summed E-state index contributed by atoms with van der Waals surface area (Å²) in [5.74, 6) is 0.428. The van der Waals surface area contributed by atoms with Crippen molar-refractivity contribution in [1.29, 1.82) is 0 Å². The highest BCUT2D eigenvalue weighted by atomic mass is 127. The van der Waals surface area contributed by atoms with Crippen LogP contribution >= 0.6 is 22.6 Å². The van der Waals surface area contributed by atoms with Crippen LogP contribution in [0.3, 0.4) is 0 Å². The maximum atomic E-state index is 12.9. The molecule has 0 N–H and O–H groups in total. The largest absolute Gasteiger partial charge is 0.416 e. The zero-order chi connectivity index (χ0) is 21.5. The van der Waals surface area contributed by atoms with Crippen molar-refractivity contribution in [3.8, 4) is 0 Å². The van der Waals surface area contributed by atoms with E-state index >= 15 is 0 Å². The van der Waals surface area contributed by atoms with Crippen molar-refractivity contribution in [3.63, 3.8) is 0 Å². The highest BCUT2D eigenvalue weighted by Gasteiger charge is 2.30. The Morgan fingerprint density at radius 2 is 2.07 bits per heavy atom. The van der Waals surface area contributed by atoms with Crippen molar-refractivity contribution in [1.82, 2.24) is 19.3 Å². The summed E-state index contributed by atoms with van der Waals surface area (Å²) in [6, 6.07) is 5.17. The van der Waals surface area contributed by atoms with Crippen molar-refractivity contribution >= 4 is 34.1 Å². The van der Waals surface area contributed by atoms with E-state index in [0.29, 0.717) is 39.5 Å². The van der Waals surface area contributed by atoms with Gasteiger partial charge in [-0.15, -0.1) is 0 Å². The predicted molar refractivity (Wildman–Crippen MR) is 114 cm³/mol. The predicted octanol–water partition coefficient (Wildman–Crippen LogP) is 4.20. The molecule has 0 aliphatic carbocycles. The third-order valence-corrected chi connectivity index (χ3v) is 5.62. The molecule has 0 saturated heterocycles. The fourth-order valence-corrected chi connectivity index (χ4v) is 4.04. The second kappa shape index (κ2) is 7.97. The van der Waals surface area contributed by atoms with Crippen LogP contribution in [0.2, 0.25) is 0 Å². The molecule has 3 aromatic rings. The van der Waals surface area contributed by atoms with E-state index in [-0.39, 0.29) is 12.1 Å². The summed E-state index contributed by atoms with van der Waals surface area (Å²) in [6.07, 6.45) is 0.128. The molecule has 10 heteroatoms. The maximum Gasteiger partial charge on any atom is 0.416 e. The Bertz CT molecular complexity index is 1200. The SMILES string of the molecule is CCCn1c(I)nc2c(c1=O)CC(c1cnn(Cc3cccc(C(F)(F)F)c3)c1)=N2. The normalized spacial score (nSPS) is 13.4. The van der Waals surface area contributed by atoms with Crippen molar-refractivity contribution in [2.75, 3.05) is 0 Å². The van der Waals surface area contributed by atoms with E-state index in [1.54, 1.807) is 27.7 Å². The van der Waals surface area contributed by atoms with Gasteiger partial charge in [-0.25, -0.2) is 9.98 Å². The van der Waals surface area contributed by atoms with E-state index in [1.807, 2.05) is 29.5 Å². The lowest BCUT2D eigenvalue weighted by Crippen LogP contribution is -2.27. The molecular formula is C20H17F3IN5O. The number of benzene rings is 1. The van der Waals surface area contributed by atoms with Gasteiger partial charge in [0.2, 0.25) is 0 Å². The zero-order valence-corrected chi connectivity index (χ0v) is 18.1. The summed E-state index contributed by atoms with van der Waals surface area (Å²) in [5, 5.41) is 4.25. The monoisotopic (exact) mass is 527 g/mol. The minimum atomic E-state index is -4.38. The quantitative estimate of drug-likeness (QED) is 0.369. The van der Waals surface area contributed by atoms with Crippen LogP contribution in [0.5, 0.6) is 0 Å². The van der Waals surface area contributed by atoms with Crippen LogP contribution in [0.15, 0.2) is 46.4 Å². The first kappa shape index (κ1) is 20.8. The molecule has 0 amide bonds. The Morgan fingerprint density at radius 1 is 1.27 bits per heavy atom. The van der Waals surface area contributed by atoms with E-state index in [0.717, 1.165) is 24.1 Å². The Hall–Kier alpha value is -2.50. The smallest absolute Gasteiger partial charge is 0.288 e. The molecule has 2 aromatic heterocycles. The van der Waals surface area contributed by atoms with E-state index in [4.69, 9.17) is 0 Å². The molecule has 1 aromatic carbocycles. The number of fused-ring (bicyclic) bond motifs is 1. The average molecular weight is 527 g/mol. The van der Waals surface area contributed by atoms with Gasteiger partial charge in [0.25, 0.3) is 5.56 Å². The maximum absolute atomic E-state index is 12.9. The Morgan fingerprint density at radius 3 is 2.80 bits per heavy atom. The standard InChI is InChI=1S/C20H17F3IN5O/c1-2-6-29-18(30)15-8-16(26-17(15)27-19(29)24)13-9-25-28(11-13)10-12-4-3-5-14(7-12)20(21,22)23/h3-5,7,9,11H,2,6,8,10H2,1H3. The zero-order valence-electron chi connectivity index (χ0n) is 15.9. The molecule has 0 saturated carbocycles. The molecule has 3 heterocycles. The molecule has 30 heavy (non-hydrogen) atoms. The Balaban J connectivity index is 1.56. The van der Waals surface area contributed by atoms with Crippen LogP contribution in [0.1, 0.15) is 35.6 Å². The van der Waals surface area contributed by atoms with Crippen LogP contribution in [-0.2, 0) is 25.7 Å². The highest BCUT2D eigenvalue weighted by molar-refractivity contribution is 14.1. The highest BCUT2D eigenvalue weighted by Crippen LogP contribution is 2.30. The molecular weight excluding hydrogens is 510 g/mol. The van der Waals surface area contributed by atoms with Gasteiger partial charge < -0.3 is 0 Å². The number of aromatic nitrogens is 4. The minimum Gasteiger partial charge on any atom is -0.288 e. The summed E-state index contributed by atoms with van der Waals surface area (Å²) in [6.45, 7) is 2.79. The van der Waals surface area contributed by atoms with Crippen LogP contribution in [0.4, 0.5) is 19.0 Å². The van der Waals surface area contributed by atoms with Crippen molar-refractivity contribution < 1.29 is 13.2 Å². The minimum absolute atomic E-state index is 0.0821. The third-order valence-electron chi connectivity index (χ3n) is 4.79. The summed E-state index contributed by atoms with van der Waals surface area (Å²) in [4.78, 5) is 21.7. The van der Waals surface area contributed by atoms with Gasteiger partial charge in [-0.05, 0) is 24.1 Å². The van der Waals surface area contributed by atoms with Gasteiger partial charge in [-0.2, -0.15) is 18.3 Å². The van der Waals surface area contributed by atoms with Crippen LogP contribution in [-0.4, -0.2) is 25.0 Å².